The van der Waals surface area contributed by atoms with Gasteiger partial charge in [0, 0.05) is 25.0 Å². The van der Waals surface area contributed by atoms with Gasteiger partial charge in [-0.25, -0.2) is 0 Å². The van der Waals surface area contributed by atoms with E-state index in [0.29, 0.717) is 17.9 Å². The molecule has 1 amide bonds. The average Bonchev–Trinajstić information content (AvgIpc) is 2.75. The van der Waals surface area contributed by atoms with Gasteiger partial charge >= 0.3 is 0 Å². The van der Waals surface area contributed by atoms with Crippen molar-refractivity contribution in [2.75, 3.05) is 13.6 Å². The number of amides is 1. The van der Waals surface area contributed by atoms with E-state index in [1.807, 2.05) is 11.9 Å². The van der Waals surface area contributed by atoms with Crippen molar-refractivity contribution in [3.8, 4) is 0 Å². The molecule has 2 aliphatic rings. The lowest BCUT2D eigenvalue weighted by atomic mass is 9.79. The van der Waals surface area contributed by atoms with Crippen LogP contribution in [0.5, 0.6) is 0 Å². The van der Waals surface area contributed by atoms with Crippen LogP contribution in [0.1, 0.15) is 51.9 Å². The van der Waals surface area contributed by atoms with Crippen molar-refractivity contribution in [1.82, 2.24) is 4.90 Å². The van der Waals surface area contributed by atoms with Gasteiger partial charge in [-0.05, 0) is 38.0 Å². The second-order valence-electron chi connectivity index (χ2n) is 6.12. The van der Waals surface area contributed by atoms with Crippen LogP contribution in [0.2, 0.25) is 0 Å². The van der Waals surface area contributed by atoms with Crippen molar-refractivity contribution in [1.29, 1.82) is 0 Å². The Balaban J connectivity index is 1.89. The molecule has 3 heteroatoms. The zero-order valence-electron chi connectivity index (χ0n) is 11.2. The molecule has 3 nitrogen and oxygen atoms in total. The van der Waals surface area contributed by atoms with Crippen LogP contribution in [0.4, 0.5) is 0 Å². The Morgan fingerprint density at radius 2 is 1.94 bits per heavy atom. The Hall–Kier alpha value is -0.570. The molecule has 2 N–H and O–H groups in total. The third-order valence-corrected chi connectivity index (χ3v) is 4.84. The van der Waals surface area contributed by atoms with Crippen molar-refractivity contribution >= 4 is 5.91 Å². The summed E-state index contributed by atoms with van der Waals surface area (Å²) in [4.78, 5) is 14.5. The third kappa shape index (κ3) is 2.49. The van der Waals surface area contributed by atoms with Crippen molar-refractivity contribution in [3.05, 3.63) is 0 Å². The quantitative estimate of drug-likeness (QED) is 0.815. The summed E-state index contributed by atoms with van der Waals surface area (Å²) < 4.78 is 0. The van der Waals surface area contributed by atoms with Gasteiger partial charge in [0.2, 0.25) is 5.91 Å². The van der Waals surface area contributed by atoms with Crippen molar-refractivity contribution in [3.63, 3.8) is 0 Å². The second-order valence-corrected chi connectivity index (χ2v) is 6.12. The standard InChI is InChI=1S/C14H26N2O/c1-3-14(6-4-5-7-14)13(17)16(2)10-11-8-12(15)9-11/h11-12H,3-10,15H2,1-2H3. The van der Waals surface area contributed by atoms with Gasteiger partial charge in [0.05, 0.1) is 0 Å². The van der Waals surface area contributed by atoms with E-state index in [4.69, 9.17) is 5.73 Å². The summed E-state index contributed by atoms with van der Waals surface area (Å²) in [5.41, 5.74) is 5.76. The number of nitrogens with zero attached hydrogens (tertiary/aromatic N) is 1. The van der Waals surface area contributed by atoms with Gasteiger partial charge in [-0.2, -0.15) is 0 Å². The maximum atomic E-state index is 12.6. The SMILES string of the molecule is CCC1(C(=O)N(C)CC2CC(N)C2)CCCC1. The summed E-state index contributed by atoms with van der Waals surface area (Å²) in [6, 6.07) is 0.384. The maximum Gasteiger partial charge on any atom is 0.228 e. The molecule has 0 unspecified atom stereocenters. The molecule has 0 radical (unpaired) electrons. The third-order valence-electron chi connectivity index (χ3n) is 4.84. The van der Waals surface area contributed by atoms with E-state index in [1.54, 1.807) is 0 Å². The molecule has 0 heterocycles. The molecule has 0 atom stereocenters. The molecule has 2 saturated carbocycles. The smallest absolute Gasteiger partial charge is 0.228 e. The first-order chi connectivity index (χ1) is 8.07. The van der Waals surface area contributed by atoms with Crippen LogP contribution in [0.25, 0.3) is 0 Å². The van der Waals surface area contributed by atoms with Crippen molar-refractivity contribution < 1.29 is 4.79 Å². The number of nitrogens with two attached hydrogens (primary N) is 1. The molecule has 0 aromatic rings. The lowest BCUT2D eigenvalue weighted by molar-refractivity contribution is -0.141. The van der Waals surface area contributed by atoms with E-state index < -0.39 is 0 Å². The molecule has 2 rings (SSSR count). The fraction of sp³-hybridized carbons (Fsp3) is 0.929. The van der Waals surface area contributed by atoms with Gasteiger partial charge in [0.1, 0.15) is 0 Å². The topological polar surface area (TPSA) is 46.3 Å². The summed E-state index contributed by atoms with van der Waals surface area (Å²) in [5, 5.41) is 0. The molecule has 0 spiro atoms. The molecule has 0 saturated heterocycles. The first-order valence-corrected chi connectivity index (χ1v) is 7.08. The van der Waals surface area contributed by atoms with Crippen molar-refractivity contribution in [2.24, 2.45) is 17.1 Å². The Bertz CT molecular complexity index is 278. The van der Waals surface area contributed by atoms with Crippen LogP contribution >= 0.6 is 0 Å². The minimum Gasteiger partial charge on any atom is -0.345 e. The number of hydrogen-bond donors (Lipinski definition) is 1. The molecule has 98 valence electrons. The molecule has 0 aliphatic heterocycles. The van der Waals surface area contributed by atoms with E-state index in [9.17, 15) is 4.79 Å². The highest BCUT2D eigenvalue weighted by Gasteiger charge is 2.41. The number of rotatable bonds is 4. The van der Waals surface area contributed by atoms with Crippen LogP contribution in [-0.2, 0) is 4.79 Å². The largest absolute Gasteiger partial charge is 0.345 e. The van der Waals surface area contributed by atoms with E-state index in [0.717, 1.165) is 38.6 Å². The normalized spacial score (nSPS) is 31.0. The van der Waals surface area contributed by atoms with Crippen LogP contribution < -0.4 is 5.73 Å². The van der Waals surface area contributed by atoms with Gasteiger partial charge in [0.25, 0.3) is 0 Å². The number of hydrogen-bond acceptors (Lipinski definition) is 2. The highest BCUT2D eigenvalue weighted by molar-refractivity contribution is 5.82. The average molecular weight is 238 g/mol. The zero-order valence-corrected chi connectivity index (χ0v) is 11.2. The molecule has 17 heavy (non-hydrogen) atoms. The number of carbonyl (C=O) groups excluding carboxylic acids is 1. The fourth-order valence-corrected chi connectivity index (χ4v) is 3.58. The Morgan fingerprint density at radius 3 is 2.41 bits per heavy atom. The Labute approximate surface area is 105 Å². The summed E-state index contributed by atoms with van der Waals surface area (Å²) >= 11 is 0. The Kier molecular flexibility index (Phi) is 3.76. The molecule has 0 bridgehead atoms. The highest BCUT2D eigenvalue weighted by atomic mass is 16.2. The van der Waals surface area contributed by atoms with Gasteiger partial charge in [-0.3, -0.25) is 4.79 Å². The van der Waals surface area contributed by atoms with E-state index in [-0.39, 0.29) is 5.41 Å². The predicted octanol–water partition coefficient (Wildman–Crippen LogP) is 2.15. The van der Waals surface area contributed by atoms with Gasteiger partial charge in [-0.15, -0.1) is 0 Å². The maximum absolute atomic E-state index is 12.6. The lowest BCUT2D eigenvalue weighted by Gasteiger charge is -2.38. The van der Waals surface area contributed by atoms with E-state index in [2.05, 4.69) is 6.92 Å². The summed E-state index contributed by atoms with van der Waals surface area (Å²) in [6.07, 6.45) is 7.82. The minimum atomic E-state index is -0.0272. The zero-order chi connectivity index (χ0) is 12.5. The van der Waals surface area contributed by atoms with Crippen LogP contribution in [0, 0.1) is 11.3 Å². The lowest BCUT2D eigenvalue weighted by Crippen LogP contribution is -2.47. The predicted molar refractivity (Wildman–Crippen MR) is 69.5 cm³/mol. The second kappa shape index (κ2) is 4.97. The first-order valence-electron chi connectivity index (χ1n) is 7.08. The van der Waals surface area contributed by atoms with Gasteiger partial charge < -0.3 is 10.6 Å². The molecule has 2 fully saturated rings. The highest BCUT2D eigenvalue weighted by Crippen LogP contribution is 2.42. The molecule has 2 aliphatic carbocycles. The molecule has 0 aromatic carbocycles. The van der Waals surface area contributed by atoms with Crippen molar-refractivity contribution in [2.45, 2.75) is 57.9 Å². The van der Waals surface area contributed by atoms with E-state index >= 15 is 0 Å². The molecular weight excluding hydrogens is 212 g/mol. The Morgan fingerprint density at radius 1 is 1.35 bits per heavy atom. The van der Waals surface area contributed by atoms with Crippen LogP contribution in [-0.4, -0.2) is 30.4 Å². The number of carbonyl (C=O) groups is 1. The van der Waals surface area contributed by atoms with Crippen LogP contribution in [0.15, 0.2) is 0 Å². The van der Waals surface area contributed by atoms with Gasteiger partial charge in [0.15, 0.2) is 0 Å². The summed E-state index contributed by atoms with van der Waals surface area (Å²) in [7, 11) is 1.97. The molecular formula is C14H26N2O. The first kappa shape index (κ1) is 12.9. The summed E-state index contributed by atoms with van der Waals surface area (Å²) in [6.45, 7) is 3.07. The summed E-state index contributed by atoms with van der Waals surface area (Å²) in [5.74, 6) is 1.03. The van der Waals surface area contributed by atoms with E-state index in [1.165, 1.54) is 12.8 Å². The minimum absolute atomic E-state index is 0.0272. The van der Waals surface area contributed by atoms with Crippen LogP contribution in [0.3, 0.4) is 0 Å². The van der Waals surface area contributed by atoms with Gasteiger partial charge in [-0.1, -0.05) is 19.8 Å². The monoisotopic (exact) mass is 238 g/mol. The molecule has 0 aromatic heterocycles. The fourth-order valence-electron chi connectivity index (χ4n) is 3.58.